The molecule has 1 aromatic heterocycles. The maximum Gasteiger partial charge on any atom is 0.416 e. The minimum Gasteiger partial charge on any atom is -0.443 e. The fourth-order valence-corrected chi connectivity index (χ4v) is 3.23. The number of ether oxygens (including phenoxy) is 1. The average Bonchev–Trinajstić information content (AvgIpc) is 2.54. The molecule has 1 saturated heterocycles. The van der Waals surface area contributed by atoms with Crippen molar-refractivity contribution >= 4 is 11.9 Å². The van der Waals surface area contributed by atoms with Crippen LogP contribution in [0, 0.1) is 0 Å². The highest BCUT2D eigenvalue weighted by atomic mass is 16.6. The van der Waals surface area contributed by atoms with Crippen LogP contribution in [0.3, 0.4) is 0 Å². The van der Waals surface area contributed by atoms with Gasteiger partial charge in [0.2, 0.25) is 0 Å². The summed E-state index contributed by atoms with van der Waals surface area (Å²) in [5.41, 5.74) is 0.701. The van der Waals surface area contributed by atoms with Crippen LogP contribution in [0.5, 0.6) is 0 Å². The van der Waals surface area contributed by atoms with Gasteiger partial charge in [-0.05, 0) is 72.2 Å². The van der Waals surface area contributed by atoms with Crippen LogP contribution in [0.4, 0.5) is 10.6 Å². The summed E-state index contributed by atoms with van der Waals surface area (Å²) >= 11 is 0. The normalized spacial score (nSPS) is 20.2. The zero-order valence-electron chi connectivity index (χ0n) is 16.6. The first kappa shape index (κ1) is 19.7. The molecule has 25 heavy (non-hydrogen) atoms. The highest BCUT2D eigenvalue weighted by molar-refractivity contribution is 5.87. The maximum atomic E-state index is 12.7. The Labute approximate surface area is 152 Å². The molecular formula is C20H33N3O2. The van der Waals surface area contributed by atoms with Crippen LogP contribution in [0.15, 0.2) is 18.3 Å². The van der Waals surface area contributed by atoms with Gasteiger partial charge in [-0.1, -0.05) is 19.4 Å². The summed E-state index contributed by atoms with van der Waals surface area (Å²) in [5, 5.41) is 0. The van der Waals surface area contributed by atoms with E-state index < -0.39 is 5.60 Å². The van der Waals surface area contributed by atoms with Crippen molar-refractivity contribution in [1.82, 2.24) is 9.88 Å². The number of rotatable bonds is 4. The number of carbonyl (C=O) groups is 1. The van der Waals surface area contributed by atoms with Crippen LogP contribution in [0.1, 0.15) is 71.9 Å². The lowest BCUT2D eigenvalue weighted by atomic mass is 9.97. The summed E-state index contributed by atoms with van der Waals surface area (Å²) in [6, 6.07) is 4.52. The van der Waals surface area contributed by atoms with E-state index in [4.69, 9.17) is 4.74 Å². The van der Waals surface area contributed by atoms with Crippen molar-refractivity contribution < 1.29 is 9.53 Å². The molecule has 1 amide bonds. The van der Waals surface area contributed by atoms with E-state index in [0.717, 1.165) is 13.0 Å². The SMILES string of the molecule is CC[C@@H](C)N(C(=O)OC(C)(C)C)c1ccc([C@H]2CCCCN2C)cn1. The lowest BCUT2D eigenvalue weighted by Crippen LogP contribution is -2.42. The van der Waals surface area contributed by atoms with E-state index >= 15 is 0 Å². The van der Waals surface area contributed by atoms with Gasteiger partial charge in [-0.25, -0.2) is 9.78 Å². The predicted molar refractivity (Wildman–Crippen MR) is 102 cm³/mol. The van der Waals surface area contributed by atoms with E-state index in [0.29, 0.717) is 11.9 Å². The van der Waals surface area contributed by atoms with Crippen molar-refractivity contribution in [3.05, 3.63) is 23.9 Å². The summed E-state index contributed by atoms with van der Waals surface area (Å²) in [6.45, 7) is 10.9. The molecule has 0 aromatic carbocycles. The number of pyridine rings is 1. The molecule has 1 aliphatic rings. The predicted octanol–water partition coefficient (Wildman–Crippen LogP) is 4.78. The van der Waals surface area contributed by atoms with Gasteiger partial charge in [-0.3, -0.25) is 9.80 Å². The molecule has 2 rings (SSSR count). The van der Waals surface area contributed by atoms with Crippen molar-refractivity contribution in [3.8, 4) is 0 Å². The standard InChI is InChI=1S/C20H33N3O2/c1-7-15(2)23(19(24)25-20(3,4)5)18-12-11-16(14-21-18)17-10-8-9-13-22(17)6/h11-12,14-15,17H,7-10,13H2,1-6H3/t15-,17-/m1/s1. The Balaban J connectivity index is 2.21. The summed E-state index contributed by atoms with van der Waals surface area (Å²) in [7, 11) is 2.17. The molecule has 1 aromatic rings. The van der Waals surface area contributed by atoms with Gasteiger partial charge in [0.1, 0.15) is 11.4 Å². The molecule has 5 nitrogen and oxygen atoms in total. The van der Waals surface area contributed by atoms with E-state index in [9.17, 15) is 4.79 Å². The fourth-order valence-electron chi connectivity index (χ4n) is 3.23. The van der Waals surface area contributed by atoms with E-state index in [-0.39, 0.29) is 12.1 Å². The molecule has 2 atom stereocenters. The van der Waals surface area contributed by atoms with Gasteiger partial charge in [0, 0.05) is 18.3 Å². The number of amides is 1. The van der Waals surface area contributed by atoms with Crippen LogP contribution in [0.25, 0.3) is 0 Å². The molecule has 140 valence electrons. The minimum atomic E-state index is -0.520. The van der Waals surface area contributed by atoms with Gasteiger partial charge in [-0.2, -0.15) is 0 Å². The number of nitrogens with zero attached hydrogens (tertiary/aromatic N) is 3. The smallest absolute Gasteiger partial charge is 0.416 e. The molecule has 0 unspecified atom stereocenters. The molecule has 0 radical (unpaired) electrons. The van der Waals surface area contributed by atoms with Crippen molar-refractivity contribution in [2.45, 2.75) is 78.0 Å². The maximum absolute atomic E-state index is 12.7. The second kappa shape index (κ2) is 8.17. The molecule has 1 aliphatic heterocycles. The van der Waals surface area contributed by atoms with Crippen LogP contribution < -0.4 is 4.90 Å². The fraction of sp³-hybridized carbons (Fsp3) is 0.700. The zero-order chi connectivity index (χ0) is 18.6. The van der Waals surface area contributed by atoms with Crippen LogP contribution in [-0.4, -0.2) is 41.2 Å². The van der Waals surface area contributed by atoms with Crippen molar-refractivity contribution in [1.29, 1.82) is 0 Å². The topological polar surface area (TPSA) is 45.7 Å². The van der Waals surface area contributed by atoms with Gasteiger partial charge in [0.25, 0.3) is 0 Å². The molecule has 5 heteroatoms. The second-order valence-electron chi connectivity index (χ2n) is 8.05. The number of piperidine rings is 1. The largest absolute Gasteiger partial charge is 0.443 e. The zero-order valence-corrected chi connectivity index (χ0v) is 16.6. The van der Waals surface area contributed by atoms with Crippen molar-refractivity contribution in [2.24, 2.45) is 0 Å². The van der Waals surface area contributed by atoms with Crippen LogP contribution in [-0.2, 0) is 4.74 Å². The summed E-state index contributed by atoms with van der Waals surface area (Å²) in [4.78, 5) is 21.3. The number of carbonyl (C=O) groups excluding carboxylic acids is 1. The number of hydrogen-bond acceptors (Lipinski definition) is 4. The van der Waals surface area contributed by atoms with Gasteiger partial charge >= 0.3 is 6.09 Å². The molecule has 0 saturated carbocycles. The van der Waals surface area contributed by atoms with Gasteiger partial charge in [0.05, 0.1) is 0 Å². The number of likely N-dealkylation sites (tertiary alicyclic amines) is 1. The molecular weight excluding hydrogens is 314 g/mol. The first-order valence-corrected chi connectivity index (χ1v) is 9.41. The Morgan fingerprint density at radius 3 is 2.64 bits per heavy atom. The molecule has 0 aliphatic carbocycles. The Morgan fingerprint density at radius 1 is 1.40 bits per heavy atom. The highest BCUT2D eigenvalue weighted by Gasteiger charge is 2.28. The monoisotopic (exact) mass is 347 g/mol. The molecule has 1 fully saturated rings. The number of aromatic nitrogens is 1. The first-order valence-electron chi connectivity index (χ1n) is 9.41. The quantitative estimate of drug-likeness (QED) is 0.786. The second-order valence-corrected chi connectivity index (χ2v) is 8.05. The number of hydrogen-bond donors (Lipinski definition) is 0. The van der Waals surface area contributed by atoms with Crippen LogP contribution >= 0.6 is 0 Å². The molecule has 2 heterocycles. The first-order chi connectivity index (χ1) is 11.7. The third-order valence-corrected chi connectivity index (χ3v) is 4.79. The van der Waals surface area contributed by atoms with E-state index in [1.807, 2.05) is 40.0 Å². The average molecular weight is 348 g/mol. The lowest BCUT2D eigenvalue weighted by Gasteiger charge is -2.33. The summed E-state index contributed by atoms with van der Waals surface area (Å²) in [5.74, 6) is 0.658. The molecule has 0 N–H and O–H groups in total. The molecule has 0 spiro atoms. The van der Waals surface area contributed by atoms with E-state index in [1.54, 1.807) is 4.90 Å². The lowest BCUT2D eigenvalue weighted by molar-refractivity contribution is 0.0566. The van der Waals surface area contributed by atoms with Crippen molar-refractivity contribution in [3.63, 3.8) is 0 Å². The van der Waals surface area contributed by atoms with Gasteiger partial charge in [0.15, 0.2) is 0 Å². The van der Waals surface area contributed by atoms with E-state index in [1.165, 1.54) is 24.8 Å². The number of anilines is 1. The Bertz CT molecular complexity index is 565. The van der Waals surface area contributed by atoms with Gasteiger partial charge in [-0.15, -0.1) is 0 Å². The molecule has 0 bridgehead atoms. The minimum absolute atomic E-state index is 0.0329. The highest BCUT2D eigenvalue weighted by Crippen LogP contribution is 2.30. The Morgan fingerprint density at radius 2 is 2.12 bits per heavy atom. The summed E-state index contributed by atoms with van der Waals surface area (Å²) in [6.07, 6.45) is 6.11. The third-order valence-electron chi connectivity index (χ3n) is 4.79. The van der Waals surface area contributed by atoms with Gasteiger partial charge < -0.3 is 4.74 Å². The van der Waals surface area contributed by atoms with E-state index in [2.05, 4.69) is 29.9 Å². The van der Waals surface area contributed by atoms with Crippen molar-refractivity contribution in [2.75, 3.05) is 18.5 Å². The van der Waals surface area contributed by atoms with Crippen LogP contribution in [0.2, 0.25) is 0 Å². The third kappa shape index (κ3) is 5.18. The Kier molecular flexibility index (Phi) is 6.44. The Hall–Kier alpha value is -1.62. The summed E-state index contributed by atoms with van der Waals surface area (Å²) < 4.78 is 5.58.